The van der Waals surface area contributed by atoms with Crippen molar-refractivity contribution in [2.45, 2.75) is 32.5 Å². The number of hydrogen-bond donors (Lipinski definition) is 2. The van der Waals surface area contributed by atoms with Gasteiger partial charge in [0.05, 0.1) is 5.56 Å². The van der Waals surface area contributed by atoms with E-state index in [1.165, 1.54) is 6.07 Å². The fourth-order valence-electron chi connectivity index (χ4n) is 1.42. The Morgan fingerprint density at radius 1 is 1.31 bits per heavy atom. The molecule has 90 valence electrons. The Labute approximate surface area is 91.9 Å². The van der Waals surface area contributed by atoms with Crippen LogP contribution in [0.4, 0.5) is 13.2 Å². The summed E-state index contributed by atoms with van der Waals surface area (Å²) < 4.78 is 37.8. The first-order valence-corrected chi connectivity index (χ1v) is 4.90. The van der Waals surface area contributed by atoms with E-state index in [1.54, 1.807) is 13.8 Å². The number of benzene rings is 1. The molecule has 0 aliphatic heterocycles. The van der Waals surface area contributed by atoms with Crippen LogP contribution in [0, 0.1) is 0 Å². The molecule has 1 aromatic rings. The van der Waals surface area contributed by atoms with E-state index in [0.29, 0.717) is 5.56 Å². The van der Waals surface area contributed by atoms with Crippen LogP contribution >= 0.6 is 0 Å². The molecule has 0 radical (unpaired) electrons. The van der Waals surface area contributed by atoms with Crippen molar-refractivity contribution in [3.63, 3.8) is 0 Å². The first-order valence-electron chi connectivity index (χ1n) is 4.90. The molecule has 0 aliphatic carbocycles. The molecule has 5 heteroatoms. The predicted molar refractivity (Wildman–Crippen MR) is 55.1 cm³/mol. The summed E-state index contributed by atoms with van der Waals surface area (Å²) in [7, 11) is 0. The number of alkyl halides is 3. The Balaban J connectivity index is 3.42. The second-order valence-electron chi connectivity index (χ2n) is 3.93. The highest BCUT2D eigenvalue weighted by molar-refractivity contribution is 5.46. The van der Waals surface area contributed by atoms with Crippen molar-refractivity contribution in [1.29, 1.82) is 0 Å². The Kier molecular flexibility index (Phi) is 3.48. The number of rotatable bonds is 2. The van der Waals surface area contributed by atoms with Crippen LogP contribution in [0.15, 0.2) is 12.1 Å². The van der Waals surface area contributed by atoms with Gasteiger partial charge in [0.15, 0.2) is 0 Å². The fraction of sp³-hybridized carbons (Fsp3) is 0.455. The first kappa shape index (κ1) is 12.8. The van der Waals surface area contributed by atoms with E-state index in [4.69, 9.17) is 5.73 Å². The monoisotopic (exact) mass is 233 g/mol. The molecule has 0 saturated carbocycles. The lowest BCUT2D eigenvalue weighted by molar-refractivity contribution is -0.138. The van der Waals surface area contributed by atoms with E-state index in [1.807, 2.05) is 0 Å². The van der Waals surface area contributed by atoms with Crippen LogP contribution < -0.4 is 5.73 Å². The van der Waals surface area contributed by atoms with Gasteiger partial charge in [-0.3, -0.25) is 0 Å². The second-order valence-corrected chi connectivity index (χ2v) is 3.93. The molecule has 1 rings (SSSR count). The summed E-state index contributed by atoms with van der Waals surface area (Å²) in [6.07, 6.45) is -4.56. The van der Waals surface area contributed by atoms with Crippen LogP contribution in [0.5, 0.6) is 5.75 Å². The molecule has 1 aromatic carbocycles. The molecule has 0 unspecified atom stereocenters. The summed E-state index contributed by atoms with van der Waals surface area (Å²) in [6.45, 7) is 3.45. The highest BCUT2D eigenvalue weighted by Crippen LogP contribution is 2.39. The van der Waals surface area contributed by atoms with Crippen molar-refractivity contribution in [1.82, 2.24) is 0 Å². The highest BCUT2D eigenvalue weighted by atomic mass is 19.4. The number of halogens is 3. The van der Waals surface area contributed by atoms with Gasteiger partial charge in [-0.25, -0.2) is 0 Å². The number of nitrogens with two attached hydrogens (primary N) is 1. The molecule has 0 heterocycles. The first-order chi connectivity index (χ1) is 7.27. The minimum Gasteiger partial charge on any atom is -0.507 e. The van der Waals surface area contributed by atoms with Crippen LogP contribution in [-0.4, -0.2) is 5.11 Å². The van der Waals surface area contributed by atoms with Gasteiger partial charge in [0.25, 0.3) is 0 Å². The maximum Gasteiger partial charge on any atom is 0.419 e. The van der Waals surface area contributed by atoms with Crippen LogP contribution in [0.3, 0.4) is 0 Å². The van der Waals surface area contributed by atoms with Crippen molar-refractivity contribution in [3.05, 3.63) is 28.8 Å². The topological polar surface area (TPSA) is 46.2 Å². The SMILES string of the molecule is CC(C)c1cc(CN)c(O)c(C(F)(F)F)c1. The molecule has 0 spiro atoms. The summed E-state index contributed by atoms with van der Waals surface area (Å²) in [5.74, 6) is -0.814. The van der Waals surface area contributed by atoms with Gasteiger partial charge in [-0.15, -0.1) is 0 Å². The van der Waals surface area contributed by atoms with Crippen molar-refractivity contribution < 1.29 is 18.3 Å². The zero-order chi connectivity index (χ0) is 12.5. The largest absolute Gasteiger partial charge is 0.507 e. The van der Waals surface area contributed by atoms with E-state index in [2.05, 4.69) is 0 Å². The minimum atomic E-state index is -4.56. The molecule has 2 nitrogen and oxygen atoms in total. The van der Waals surface area contributed by atoms with Crippen LogP contribution in [-0.2, 0) is 12.7 Å². The van der Waals surface area contributed by atoms with Crippen molar-refractivity contribution in [2.24, 2.45) is 5.73 Å². The summed E-state index contributed by atoms with van der Waals surface area (Å²) in [5, 5.41) is 9.43. The van der Waals surface area contributed by atoms with E-state index < -0.39 is 17.5 Å². The lowest BCUT2D eigenvalue weighted by Crippen LogP contribution is -2.10. The van der Waals surface area contributed by atoms with Gasteiger partial charge in [0.2, 0.25) is 0 Å². The zero-order valence-corrected chi connectivity index (χ0v) is 9.10. The normalized spacial score (nSPS) is 12.2. The van der Waals surface area contributed by atoms with Gasteiger partial charge in [0.1, 0.15) is 5.75 Å². The van der Waals surface area contributed by atoms with E-state index in [0.717, 1.165) is 6.07 Å². The maximum atomic E-state index is 12.6. The van der Waals surface area contributed by atoms with Gasteiger partial charge in [0, 0.05) is 12.1 Å². The Hall–Kier alpha value is -1.23. The zero-order valence-electron chi connectivity index (χ0n) is 9.10. The van der Waals surface area contributed by atoms with Crippen molar-refractivity contribution in [3.8, 4) is 5.75 Å². The molecular weight excluding hydrogens is 219 g/mol. The van der Waals surface area contributed by atoms with E-state index in [9.17, 15) is 18.3 Å². The average Bonchev–Trinajstić information content (AvgIpc) is 2.15. The molecule has 0 saturated heterocycles. The summed E-state index contributed by atoms with van der Waals surface area (Å²) in [4.78, 5) is 0. The van der Waals surface area contributed by atoms with Gasteiger partial charge in [-0.1, -0.05) is 19.9 Å². The molecule has 3 N–H and O–H groups in total. The standard InChI is InChI=1S/C11H14F3NO/c1-6(2)7-3-8(5-15)10(16)9(4-7)11(12,13)14/h3-4,6,16H,5,15H2,1-2H3. The maximum absolute atomic E-state index is 12.6. The highest BCUT2D eigenvalue weighted by Gasteiger charge is 2.35. The van der Waals surface area contributed by atoms with Crippen LogP contribution in [0.25, 0.3) is 0 Å². The lowest BCUT2D eigenvalue weighted by atomic mass is 9.96. The number of aromatic hydroxyl groups is 1. The van der Waals surface area contributed by atoms with Crippen molar-refractivity contribution in [2.75, 3.05) is 0 Å². The second kappa shape index (κ2) is 4.33. The molecule has 0 fully saturated rings. The molecule has 0 aromatic heterocycles. The fourth-order valence-corrected chi connectivity index (χ4v) is 1.42. The Morgan fingerprint density at radius 2 is 1.88 bits per heavy atom. The van der Waals surface area contributed by atoms with Gasteiger partial charge < -0.3 is 10.8 Å². The molecule has 0 bridgehead atoms. The minimum absolute atomic E-state index is 0.0491. The third-order valence-electron chi connectivity index (χ3n) is 2.40. The summed E-state index contributed by atoms with van der Waals surface area (Å²) in [5.41, 5.74) is 4.93. The van der Waals surface area contributed by atoms with E-state index >= 15 is 0 Å². The van der Waals surface area contributed by atoms with Crippen molar-refractivity contribution >= 4 is 0 Å². The van der Waals surface area contributed by atoms with E-state index in [-0.39, 0.29) is 18.0 Å². The summed E-state index contributed by atoms with van der Waals surface area (Å²) in [6, 6.07) is 2.48. The van der Waals surface area contributed by atoms with Gasteiger partial charge in [-0.2, -0.15) is 13.2 Å². The summed E-state index contributed by atoms with van der Waals surface area (Å²) >= 11 is 0. The quantitative estimate of drug-likeness (QED) is 0.824. The molecule has 0 aliphatic rings. The van der Waals surface area contributed by atoms with Crippen LogP contribution in [0.2, 0.25) is 0 Å². The molecule has 16 heavy (non-hydrogen) atoms. The Bertz CT molecular complexity index is 386. The number of hydrogen-bond acceptors (Lipinski definition) is 2. The molecule has 0 atom stereocenters. The molecular formula is C11H14F3NO. The van der Waals surface area contributed by atoms with Gasteiger partial charge in [-0.05, 0) is 17.5 Å². The number of phenols is 1. The smallest absolute Gasteiger partial charge is 0.419 e. The predicted octanol–water partition coefficient (Wildman–Crippen LogP) is 2.99. The average molecular weight is 233 g/mol. The number of phenolic OH excluding ortho intramolecular Hbond substituents is 1. The third kappa shape index (κ3) is 2.47. The third-order valence-corrected chi connectivity index (χ3v) is 2.40. The van der Waals surface area contributed by atoms with Gasteiger partial charge >= 0.3 is 6.18 Å². The lowest BCUT2D eigenvalue weighted by Gasteiger charge is -2.15. The Morgan fingerprint density at radius 3 is 2.25 bits per heavy atom. The molecule has 0 amide bonds. The van der Waals surface area contributed by atoms with Crippen LogP contribution in [0.1, 0.15) is 36.5 Å².